The minimum absolute atomic E-state index is 0.156. The molecule has 0 heterocycles. The zero-order valence-corrected chi connectivity index (χ0v) is 12.5. The number of carbonyl (C=O) groups excluding carboxylic acids is 2. The van der Waals surface area contributed by atoms with Gasteiger partial charge in [-0.2, -0.15) is 0 Å². The standard InChI is InChI=1S/C16H18O7/c1-7-3-9(13(17)18)11(5-7)15(21)23-16(22)12-6-8(2)4-10(12)14(19)20/h9-12H,1-6H2,(H,17,18)(H,19,20). The minimum atomic E-state index is -1.14. The average molecular weight is 322 g/mol. The van der Waals surface area contributed by atoms with E-state index in [4.69, 9.17) is 14.9 Å². The topological polar surface area (TPSA) is 118 Å². The molecule has 7 nitrogen and oxygen atoms in total. The largest absolute Gasteiger partial charge is 0.481 e. The Kier molecular flexibility index (Phi) is 4.68. The van der Waals surface area contributed by atoms with E-state index in [0.29, 0.717) is 11.1 Å². The van der Waals surface area contributed by atoms with Crippen LogP contribution >= 0.6 is 0 Å². The number of allylic oxidation sites excluding steroid dienone is 2. The van der Waals surface area contributed by atoms with Gasteiger partial charge in [0, 0.05) is 0 Å². The lowest BCUT2D eigenvalue weighted by atomic mass is 9.95. The second-order valence-electron chi connectivity index (χ2n) is 6.16. The summed E-state index contributed by atoms with van der Waals surface area (Å²) >= 11 is 0. The number of rotatable bonds is 4. The Morgan fingerprint density at radius 1 is 0.739 bits per heavy atom. The normalized spacial score (nSPS) is 30.3. The molecule has 2 aliphatic rings. The molecule has 4 unspecified atom stereocenters. The van der Waals surface area contributed by atoms with E-state index in [1.165, 1.54) is 0 Å². The lowest BCUT2D eigenvalue weighted by Crippen LogP contribution is -2.33. The predicted octanol–water partition coefficient (Wildman–Crippen LogP) is 1.39. The van der Waals surface area contributed by atoms with Crippen LogP contribution in [0.4, 0.5) is 0 Å². The number of hydrogen-bond donors (Lipinski definition) is 2. The van der Waals surface area contributed by atoms with Crippen LogP contribution in [0, 0.1) is 23.7 Å². The van der Waals surface area contributed by atoms with Gasteiger partial charge in [0.05, 0.1) is 23.7 Å². The van der Waals surface area contributed by atoms with Crippen molar-refractivity contribution in [1.82, 2.24) is 0 Å². The summed E-state index contributed by atoms with van der Waals surface area (Å²) in [5.41, 5.74) is 1.23. The molecular weight excluding hydrogens is 304 g/mol. The van der Waals surface area contributed by atoms with Gasteiger partial charge in [-0.3, -0.25) is 19.2 Å². The van der Waals surface area contributed by atoms with Crippen molar-refractivity contribution in [3.05, 3.63) is 24.3 Å². The third kappa shape index (κ3) is 3.49. The monoisotopic (exact) mass is 322 g/mol. The molecule has 0 aliphatic heterocycles. The Morgan fingerprint density at radius 3 is 1.35 bits per heavy atom. The number of carboxylic acid groups (broad SMARTS) is 2. The molecule has 0 amide bonds. The Balaban J connectivity index is 2.06. The summed E-state index contributed by atoms with van der Waals surface area (Å²) in [6.45, 7) is 7.35. The lowest BCUT2D eigenvalue weighted by molar-refractivity contribution is -0.171. The molecule has 4 atom stereocenters. The van der Waals surface area contributed by atoms with Gasteiger partial charge in [-0.15, -0.1) is 0 Å². The van der Waals surface area contributed by atoms with E-state index in [1.54, 1.807) is 0 Å². The fourth-order valence-corrected chi connectivity index (χ4v) is 3.24. The Bertz CT molecular complexity index is 552. The van der Waals surface area contributed by atoms with E-state index >= 15 is 0 Å². The molecule has 2 fully saturated rings. The Morgan fingerprint density at radius 2 is 1.04 bits per heavy atom. The second kappa shape index (κ2) is 6.36. The lowest BCUT2D eigenvalue weighted by Gasteiger charge is -2.17. The molecule has 0 aromatic rings. The zero-order valence-electron chi connectivity index (χ0n) is 12.5. The summed E-state index contributed by atoms with van der Waals surface area (Å²) in [5.74, 6) is -7.99. The van der Waals surface area contributed by atoms with Crippen molar-refractivity contribution in [2.45, 2.75) is 25.7 Å². The molecule has 2 rings (SSSR count). The van der Waals surface area contributed by atoms with Crippen molar-refractivity contribution in [2.24, 2.45) is 23.7 Å². The number of esters is 2. The average Bonchev–Trinajstić information content (AvgIpc) is 3.02. The van der Waals surface area contributed by atoms with E-state index in [-0.39, 0.29) is 25.7 Å². The smallest absolute Gasteiger partial charge is 0.317 e. The van der Waals surface area contributed by atoms with Gasteiger partial charge in [-0.05, 0) is 25.7 Å². The molecule has 2 aliphatic carbocycles. The van der Waals surface area contributed by atoms with E-state index < -0.39 is 47.5 Å². The molecule has 0 radical (unpaired) electrons. The fraction of sp³-hybridized carbons (Fsp3) is 0.500. The highest BCUT2D eigenvalue weighted by Crippen LogP contribution is 2.38. The van der Waals surface area contributed by atoms with Gasteiger partial charge < -0.3 is 14.9 Å². The van der Waals surface area contributed by atoms with Crippen LogP contribution in [0.5, 0.6) is 0 Å². The van der Waals surface area contributed by atoms with Gasteiger partial charge in [0.25, 0.3) is 0 Å². The highest BCUT2D eigenvalue weighted by molar-refractivity contribution is 5.93. The molecule has 0 aromatic heterocycles. The van der Waals surface area contributed by atoms with Crippen LogP contribution in [-0.2, 0) is 23.9 Å². The maximum atomic E-state index is 12.1. The van der Waals surface area contributed by atoms with Crippen LogP contribution in [0.1, 0.15) is 25.7 Å². The number of carbonyl (C=O) groups is 4. The molecule has 2 saturated carbocycles. The van der Waals surface area contributed by atoms with Gasteiger partial charge in [0.1, 0.15) is 0 Å². The van der Waals surface area contributed by atoms with Crippen LogP contribution in [0.2, 0.25) is 0 Å². The number of hydrogen-bond acceptors (Lipinski definition) is 5. The summed E-state index contributed by atoms with van der Waals surface area (Å²) in [4.78, 5) is 46.6. The van der Waals surface area contributed by atoms with Crippen molar-refractivity contribution in [3.8, 4) is 0 Å². The predicted molar refractivity (Wildman–Crippen MR) is 77.1 cm³/mol. The fourth-order valence-electron chi connectivity index (χ4n) is 3.24. The molecule has 0 aromatic carbocycles. The maximum Gasteiger partial charge on any atom is 0.317 e. The molecule has 124 valence electrons. The first-order chi connectivity index (χ1) is 10.7. The van der Waals surface area contributed by atoms with Crippen LogP contribution in [0.15, 0.2) is 24.3 Å². The van der Waals surface area contributed by atoms with Crippen LogP contribution in [0.3, 0.4) is 0 Å². The molecule has 0 spiro atoms. The van der Waals surface area contributed by atoms with Crippen molar-refractivity contribution >= 4 is 23.9 Å². The van der Waals surface area contributed by atoms with Crippen LogP contribution < -0.4 is 0 Å². The van der Waals surface area contributed by atoms with E-state index in [1.807, 2.05) is 0 Å². The summed E-state index contributed by atoms with van der Waals surface area (Å²) in [5, 5.41) is 18.2. The number of ether oxygens (including phenoxy) is 1. The first-order valence-corrected chi connectivity index (χ1v) is 7.25. The number of carboxylic acids is 2. The van der Waals surface area contributed by atoms with Crippen LogP contribution in [-0.4, -0.2) is 34.1 Å². The third-order valence-electron chi connectivity index (χ3n) is 4.45. The van der Waals surface area contributed by atoms with Crippen LogP contribution in [0.25, 0.3) is 0 Å². The van der Waals surface area contributed by atoms with E-state index in [9.17, 15) is 19.2 Å². The number of aliphatic carboxylic acids is 2. The Labute approximate surface area is 132 Å². The SMILES string of the molecule is C=C1CC(C(=O)O)C(C(=O)OC(=O)C2CC(=C)CC2C(=O)O)C1. The first kappa shape index (κ1) is 16.9. The van der Waals surface area contributed by atoms with Crippen molar-refractivity contribution in [1.29, 1.82) is 0 Å². The zero-order chi connectivity index (χ0) is 17.3. The van der Waals surface area contributed by atoms with E-state index in [2.05, 4.69) is 13.2 Å². The van der Waals surface area contributed by atoms with Gasteiger partial charge in [0.15, 0.2) is 0 Å². The van der Waals surface area contributed by atoms with Gasteiger partial charge >= 0.3 is 23.9 Å². The highest BCUT2D eigenvalue weighted by atomic mass is 16.6. The molecule has 0 bridgehead atoms. The second-order valence-corrected chi connectivity index (χ2v) is 6.16. The van der Waals surface area contributed by atoms with Gasteiger partial charge in [0.2, 0.25) is 0 Å². The first-order valence-electron chi connectivity index (χ1n) is 7.25. The molecule has 0 saturated heterocycles. The molecule has 2 N–H and O–H groups in total. The summed E-state index contributed by atoms with van der Waals surface area (Å²) in [6, 6.07) is 0. The Hall–Kier alpha value is -2.44. The summed E-state index contributed by atoms with van der Waals surface area (Å²) in [6.07, 6.45) is 0.647. The van der Waals surface area contributed by atoms with Gasteiger partial charge in [-0.1, -0.05) is 24.3 Å². The summed E-state index contributed by atoms with van der Waals surface area (Å²) < 4.78 is 4.79. The summed E-state index contributed by atoms with van der Waals surface area (Å²) in [7, 11) is 0. The third-order valence-corrected chi connectivity index (χ3v) is 4.45. The minimum Gasteiger partial charge on any atom is -0.481 e. The molecule has 23 heavy (non-hydrogen) atoms. The van der Waals surface area contributed by atoms with Crippen molar-refractivity contribution < 1.29 is 34.1 Å². The van der Waals surface area contributed by atoms with E-state index in [0.717, 1.165) is 0 Å². The van der Waals surface area contributed by atoms with Gasteiger partial charge in [-0.25, -0.2) is 0 Å². The maximum absolute atomic E-state index is 12.1. The van der Waals surface area contributed by atoms with Crippen molar-refractivity contribution in [3.63, 3.8) is 0 Å². The van der Waals surface area contributed by atoms with Crippen molar-refractivity contribution in [2.75, 3.05) is 0 Å². The highest BCUT2D eigenvalue weighted by Gasteiger charge is 2.45. The molecule has 7 heteroatoms. The molecular formula is C16H18O7. The quantitative estimate of drug-likeness (QED) is 0.456.